The van der Waals surface area contributed by atoms with Crippen molar-refractivity contribution in [3.63, 3.8) is 0 Å². The molecule has 5 nitrogen and oxygen atoms in total. The van der Waals surface area contributed by atoms with Gasteiger partial charge in [0.05, 0.1) is 12.6 Å². The normalized spacial score (nSPS) is 12.0. The highest BCUT2D eigenvalue weighted by Gasteiger charge is 2.21. The molecule has 1 atom stereocenters. The van der Waals surface area contributed by atoms with Crippen molar-refractivity contribution in [1.29, 1.82) is 0 Å². The summed E-state index contributed by atoms with van der Waals surface area (Å²) in [4.78, 5) is 24.8. The Morgan fingerprint density at radius 3 is 2.53 bits per heavy atom. The largest absolute Gasteiger partial charge is 0.355 e. The summed E-state index contributed by atoms with van der Waals surface area (Å²) in [7, 11) is 0. The molecule has 17 heavy (non-hydrogen) atoms. The van der Waals surface area contributed by atoms with Crippen LogP contribution in [0.3, 0.4) is 0 Å². The van der Waals surface area contributed by atoms with Crippen LogP contribution in [-0.2, 0) is 9.59 Å². The number of rotatable bonds is 8. The number of amides is 2. The summed E-state index contributed by atoms with van der Waals surface area (Å²) in [5.41, 5.74) is 5.79. The molecule has 0 radical (unpaired) electrons. The van der Waals surface area contributed by atoms with E-state index in [0.29, 0.717) is 19.5 Å². The quantitative estimate of drug-likeness (QED) is 0.647. The molecule has 0 aromatic heterocycles. The Kier molecular flexibility index (Phi) is 8.89. The Hall–Kier alpha value is -0.750. The SMILES string of the molecule is CCNC(=O)CN(CC)C(=O)[C@@H](N)CCSC. The molecule has 0 heterocycles. The topological polar surface area (TPSA) is 75.4 Å². The van der Waals surface area contributed by atoms with Gasteiger partial charge in [-0.1, -0.05) is 0 Å². The Morgan fingerprint density at radius 2 is 2.06 bits per heavy atom. The van der Waals surface area contributed by atoms with E-state index >= 15 is 0 Å². The molecule has 2 amide bonds. The zero-order valence-electron chi connectivity index (χ0n) is 10.9. The second-order valence-corrected chi connectivity index (χ2v) is 4.68. The van der Waals surface area contributed by atoms with Gasteiger partial charge >= 0.3 is 0 Å². The van der Waals surface area contributed by atoms with E-state index in [4.69, 9.17) is 5.73 Å². The van der Waals surface area contributed by atoms with Crippen molar-refractivity contribution < 1.29 is 9.59 Å². The number of carbonyl (C=O) groups is 2. The summed E-state index contributed by atoms with van der Waals surface area (Å²) in [6.07, 6.45) is 2.62. The van der Waals surface area contributed by atoms with Crippen LogP contribution in [0.2, 0.25) is 0 Å². The van der Waals surface area contributed by atoms with Gasteiger partial charge in [0.15, 0.2) is 0 Å². The molecule has 0 aliphatic heterocycles. The maximum atomic E-state index is 11.9. The minimum atomic E-state index is -0.503. The summed E-state index contributed by atoms with van der Waals surface area (Å²) in [6, 6.07) is -0.503. The molecule has 0 saturated carbocycles. The van der Waals surface area contributed by atoms with Crippen molar-refractivity contribution in [3.05, 3.63) is 0 Å². The molecule has 0 bridgehead atoms. The van der Waals surface area contributed by atoms with Crippen molar-refractivity contribution in [1.82, 2.24) is 10.2 Å². The van der Waals surface area contributed by atoms with E-state index in [2.05, 4.69) is 5.32 Å². The molecule has 100 valence electrons. The van der Waals surface area contributed by atoms with Crippen LogP contribution in [-0.4, -0.2) is 54.4 Å². The van der Waals surface area contributed by atoms with Crippen LogP contribution >= 0.6 is 11.8 Å². The van der Waals surface area contributed by atoms with E-state index in [1.807, 2.05) is 20.1 Å². The van der Waals surface area contributed by atoms with Gasteiger partial charge in [-0.25, -0.2) is 0 Å². The molecule has 0 aliphatic carbocycles. The van der Waals surface area contributed by atoms with Gasteiger partial charge < -0.3 is 16.0 Å². The van der Waals surface area contributed by atoms with Crippen molar-refractivity contribution in [3.8, 4) is 0 Å². The molecule has 0 saturated heterocycles. The molecular formula is C11H23N3O2S. The van der Waals surface area contributed by atoms with Crippen molar-refractivity contribution in [2.24, 2.45) is 5.73 Å². The highest BCUT2D eigenvalue weighted by atomic mass is 32.2. The molecule has 6 heteroatoms. The molecule has 0 unspecified atom stereocenters. The summed E-state index contributed by atoms with van der Waals surface area (Å²) in [5, 5.41) is 2.67. The van der Waals surface area contributed by atoms with E-state index in [-0.39, 0.29) is 18.4 Å². The highest BCUT2D eigenvalue weighted by Crippen LogP contribution is 2.02. The fourth-order valence-corrected chi connectivity index (χ4v) is 1.86. The van der Waals surface area contributed by atoms with Gasteiger partial charge in [-0.2, -0.15) is 11.8 Å². The van der Waals surface area contributed by atoms with Gasteiger partial charge in [-0.05, 0) is 32.3 Å². The molecule has 0 spiro atoms. The molecule has 0 rings (SSSR count). The lowest BCUT2D eigenvalue weighted by Gasteiger charge is -2.23. The van der Waals surface area contributed by atoms with Gasteiger partial charge in [0.25, 0.3) is 0 Å². The second kappa shape index (κ2) is 9.30. The Morgan fingerprint density at radius 1 is 1.41 bits per heavy atom. The zero-order valence-corrected chi connectivity index (χ0v) is 11.7. The van der Waals surface area contributed by atoms with Crippen LogP contribution in [0.25, 0.3) is 0 Å². The smallest absolute Gasteiger partial charge is 0.239 e. The van der Waals surface area contributed by atoms with Crippen LogP contribution in [0.5, 0.6) is 0 Å². The van der Waals surface area contributed by atoms with Crippen molar-refractivity contribution >= 4 is 23.6 Å². The van der Waals surface area contributed by atoms with Crippen molar-refractivity contribution in [2.75, 3.05) is 31.6 Å². The fourth-order valence-electron chi connectivity index (χ4n) is 1.37. The van der Waals surface area contributed by atoms with Gasteiger partial charge in [-0.15, -0.1) is 0 Å². The predicted octanol–water partition coefficient (Wildman–Crippen LogP) is 0.0514. The summed E-state index contributed by atoms with van der Waals surface area (Å²) in [6.45, 7) is 4.86. The third-order valence-corrected chi connectivity index (χ3v) is 3.00. The maximum absolute atomic E-state index is 11.9. The lowest BCUT2D eigenvalue weighted by Crippen LogP contribution is -2.48. The first-order valence-corrected chi connectivity index (χ1v) is 7.26. The van der Waals surface area contributed by atoms with Crippen LogP contribution in [0.1, 0.15) is 20.3 Å². The Bertz CT molecular complexity index is 249. The maximum Gasteiger partial charge on any atom is 0.239 e. The molecule has 0 aliphatic rings. The number of thioether (sulfide) groups is 1. The highest BCUT2D eigenvalue weighted by molar-refractivity contribution is 7.98. The minimum absolute atomic E-state index is 0.0934. The van der Waals surface area contributed by atoms with Gasteiger partial charge in [0, 0.05) is 13.1 Å². The van der Waals surface area contributed by atoms with Crippen LogP contribution in [0, 0.1) is 0 Å². The number of likely N-dealkylation sites (N-methyl/N-ethyl adjacent to an activating group) is 2. The monoisotopic (exact) mass is 261 g/mol. The van der Waals surface area contributed by atoms with E-state index in [1.54, 1.807) is 11.8 Å². The average Bonchev–Trinajstić information content (AvgIpc) is 2.32. The zero-order chi connectivity index (χ0) is 13.3. The molecule has 0 aromatic carbocycles. The first-order chi connectivity index (χ1) is 8.06. The van der Waals surface area contributed by atoms with Crippen LogP contribution in [0.4, 0.5) is 0 Å². The third-order valence-electron chi connectivity index (χ3n) is 2.35. The number of hydrogen-bond donors (Lipinski definition) is 2. The van der Waals surface area contributed by atoms with E-state index in [1.165, 1.54) is 4.90 Å². The number of hydrogen-bond acceptors (Lipinski definition) is 4. The fraction of sp³-hybridized carbons (Fsp3) is 0.818. The predicted molar refractivity (Wildman–Crippen MR) is 71.9 cm³/mol. The van der Waals surface area contributed by atoms with E-state index in [9.17, 15) is 9.59 Å². The van der Waals surface area contributed by atoms with Crippen LogP contribution in [0.15, 0.2) is 0 Å². The van der Waals surface area contributed by atoms with Gasteiger partial charge in [0.1, 0.15) is 0 Å². The average molecular weight is 261 g/mol. The molecular weight excluding hydrogens is 238 g/mol. The Balaban J connectivity index is 4.24. The number of nitrogens with zero attached hydrogens (tertiary/aromatic N) is 1. The number of carbonyl (C=O) groups excluding carboxylic acids is 2. The van der Waals surface area contributed by atoms with E-state index in [0.717, 1.165) is 5.75 Å². The molecule has 3 N–H and O–H groups in total. The van der Waals surface area contributed by atoms with Crippen molar-refractivity contribution in [2.45, 2.75) is 26.3 Å². The van der Waals surface area contributed by atoms with E-state index < -0.39 is 6.04 Å². The summed E-state index contributed by atoms with van der Waals surface area (Å²) < 4.78 is 0. The van der Waals surface area contributed by atoms with Crippen LogP contribution < -0.4 is 11.1 Å². The lowest BCUT2D eigenvalue weighted by atomic mass is 10.2. The van der Waals surface area contributed by atoms with Gasteiger partial charge in [0.2, 0.25) is 11.8 Å². The van der Waals surface area contributed by atoms with Gasteiger partial charge in [-0.3, -0.25) is 9.59 Å². The third kappa shape index (κ3) is 6.53. The number of nitrogens with two attached hydrogens (primary N) is 1. The summed E-state index contributed by atoms with van der Waals surface area (Å²) >= 11 is 1.66. The standard InChI is InChI=1S/C11H23N3O2S/c1-4-13-10(15)8-14(5-2)11(16)9(12)6-7-17-3/h9H,4-8,12H2,1-3H3,(H,13,15)/t9-/m0/s1. The number of nitrogens with one attached hydrogen (secondary N) is 1. The molecule has 0 aromatic rings. The first-order valence-electron chi connectivity index (χ1n) is 5.86. The Labute approximate surface area is 107 Å². The lowest BCUT2D eigenvalue weighted by molar-refractivity contribution is -0.136. The molecule has 0 fully saturated rings. The second-order valence-electron chi connectivity index (χ2n) is 3.69. The summed E-state index contributed by atoms with van der Waals surface area (Å²) in [5.74, 6) is 0.568. The first kappa shape index (κ1) is 16.2. The minimum Gasteiger partial charge on any atom is -0.355 e.